The molecule has 12 heteroatoms. The highest BCUT2D eigenvalue weighted by molar-refractivity contribution is 7.92. The van der Waals surface area contributed by atoms with E-state index in [4.69, 9.17) is 4.74 Å². The number of phenolic OH excluding ortho intramolecular Hbond substituents is 1. The van der Waals surface area contributed by atoms with Crippen LogP contribution in [0.2, 0.25) is 0 Å². The maximum absolute atomic E-state index is 13.5. The smallest absolute Gasteiger partial charge is 0.263 e. The predicted molar refractivity (Wildman–Crippen MR) is 170 cm³/mol. The number of methoxy groups -OCH3 is 1. The van der Waals surface area contributed by atoms with Gasteiger partial charge in [-0.2, -0.15) is 0 Å². The van der Waals surface area contributed by atoms with Crippen LogP contribution in [0.15, 0.2) is 95.9 Å². The van der Waals surface area contributed by atoms with Gasteiger partial charge in [0.25, 0.3) is 15.9 Å². The molecule has 1 aromatic heterocycles. The molecule has 0 aliphatic carbocycles. The molecule has 0 unspecified atom stereocenters. The van der Waals surface area contributed by atoms with E-state index in [2.05, 4.69) is 25.3 Å². The number of hydrogen-bond acceptors (Lipinski definition) is 9. The SMILES string of the molecule is C.COc1cc(O)cc(Nc2nc3ccccc3nc2NS(=O)(=O)c2cccc(NC(=O)c3cccc(N(C)C)c3)c2)c1. The molecule has 0 aliphatic heterocycles. The Labute approximate surface area is 250 Å². The van der Waals surface area contributed by atoms with Gasteiger partial charge in [0, 0.05) is 54.9 Å². The summed E-state index contributed by atoms with van der Waals surface area (Å²) in [6.45, 7) is 0. The molecule has 0 atom stereocenters. The summed E-state index contributed by atoms with van der Waals surface area (Å²) in [7, 11) is 1.03. The first kappa shape index (κ1) is 30.6. The molecule has 1 amide bonds. The summed E-state index contributed by atoms with van der Waals surface area (Å²) in [5, 5.41) is 15.9. The Hall–Kier alpha value is -5.36. The number of sulfonamides is 1. The third-order valence-electron chi connectivity index (χ3n) is 6.22. The summed E-state index contributed by atoms with van der Waals surface area (Å²) < 4.78 is 34.8. The number of anilines is 5. The number of phenols is 1. The van der Waals surface area contributed by atoms with Crippen LogP contribution in [0.4, 0.5) is 28.7 Å². The number of aromatic nitrogens is 2. The number of hydrogen-bond donors (Lipinski definition) is 4. The Morgan fingerprint density at radius 1 is 0.837 bits per heavy atom. The number of para-hydroxylation sites is 2. The van der Waals surface area contributed by atoms with Crippen LogP contribution in [0.1, 0.15) is 17.8 Å². The van der Waals surface area contributed by atoms with Gasteiger partial charge >= 0.3 is 0 Å². The fourth-order valence-electron chi connectivity index (χ4n) is 4.12. The van der Waals surface area contributed by atoms with Crippen molar-refractivity contribution in [3.8, 4) is 11.5 Å². The zero-order chi connectivity index (χ0) is 29.9. The predicted octanol–water partition coefficient (Wildman–Crippen LogP) is 5.84. The topological polar surface area (TPSA) is 146 Å². The first-order valence-corrected chi connectivity index (χ1v) is 14.2. The molecule has 0 saturated heterocycles. The normalized spacial score (nSPS) is 10.9. The molecule has 0 fully saturated rings. The fourth-order valence-corrected chi connectivity index (χ4v) is 5.18. The van der Waals surface area contributed by atoms with E-state index in [1.54, 1.807) is 54.6 Å². The summed E-state index contributed by atoms with van der Waals surface area (Å²) in [6.07, 6.45) is 0. The van der Waals surface area contributed by atoms with Crippen LogP contribution in [-0.2, 0) is 10.0 Å². The molecule has 0 spiro atoms. The summed E-state index contributed by atoms with van der Waals surface area (Å²) in [5.41, 5.74) is 2.98. The number of carbonyl (C=O) groups excluding carboxylic acids is 1. The standard InChI is InChI=1S/C30H28N6O5S.CH4/c1-36(2)22-10-6-8-19(14-22)30(38)32-20-9-7-11-25(17-20)42(39,40)35-29-28(33-26-12-4-5-13-27(26)34-29)31-21-15-23(37)18-24(16-21)41-3;/h4-18,37H,1-3H3,(H,31,33)(H,32,38)(H,34,35);1H4. The quantitative estimate of drug-likeness (QED) is 0.164. The average molecular weight is 601 g/mol. The van der Waals surface area contributed by atoms with Gasteiger partial charge in [0.05, 0.1) is 23.0 Å². The molecule has 4 aromatic carbocycles. The van der Waals surface area contributed by atoms with Crippen molar-refractivity contribution in [1.82, 2.24) is 9.97 Å². The molecule has 5 rings (SSSR count). The first-order chi connectivity index (χ1) is 20.1. The van der Waals surface area contributed by atoms with Crippen molar-refractivity contribution in [2.24, 2.45) is 0 Å². The minimum Gasteiger partial charge on any atom is -0.508 e. The van der Waals surface area contributed by atoms with E-state index in [1.165, 1.54) is 37.4 Å². The van der Waals surface area contributed by atoms with Gasteiger partial charge in [-0.15, -0.1) is 0 Å². The number of benzene rings is 4. The fraction of sp³-hybridized carbons (Fsp3) is 0.129. The number of carbonyl (C=O) groups is 1. The monoisotopic (exact) mass is 600 g/mol. The van der Waals surface area contributed by atoms with Crippen molar-refractivity contribution in [2.45, 2.75) is 12.3 Å². The van der Waals surface area contributed by atoms with E-state index < -0.39 is 10.0 Å². The van der Waals surface area contributed by atoms with Gasteiger partial charge in [-0.1, -0.05) is 31.7 Å². The van der Waals surface area contributed by atoms with Crippen LogP contribution in [0.25, 0.3) is 11.0 Å². The van der Waals surface area contributed by atoms with E-state index in [0.717, 1.165) is 5.69 Å². The van der Waals surface area contributed by atoms with E-state index in [0.29, 0.717) is 33.7 Å². The van der Waals surface area contributed by atoms with Crippen molar-refractivity contribution < 1.29 is 23.1 Å². The molecule has 5 aromatic rings. The molecular weight excluding hydrogens is 568 g/mol. The van der Waals surface area contributed by atoms with Gasteiger partial charge in [0.1, 0.15) is 11.5 Å². The molecule has 0 aliphatic rings. The lowest BCUT2D eigenvalue weighted by molar-refractivity contribution is 0.102. The number of nitrogens with zero attached hydrogens (tertiary/aromatic N) is 3. The van der Waals surface area contributed by atoms with Gasteiger partial charge < -0.3 is 25.4 Å². The molecule has 0 radical (unpaired) electrons. The maximum Gasteiger partial charge on any atom is 0.263 e. The van der Waals surface area contributed by atoms with Crippen LogP contribution < -0.4 is 25.0 Å². The van der Waals surface area contributed by atoms with Crippen LogP contribution in [0.5, 0.6) is 11.5 Å². The summed E-state index contributed by atoms with van der Waals surface area (Å²) in [4.78, 5) is 23.7. The zero-order valence-electron chi connectivity index (χ0n) is 23.0. The summed E-state index contributed by atoms with van der Waals surface area (Å²) in [6, 6.07) is 24.5. The lowest BCUT2D eigenvalue weighted by Gasteiger charge is -2.15. The number of fused-ring (bicyclic) bond motifs is 1. The lowest BCUT2D eigenvalue weighted by Crippen LogP contribution is -2.17. The van der Waals surface area contributed by atoms with Crippen LogP contribution in [0.3, 0.4) is 0 Å². The Bertz CT molecular complexity index is 1900. The number of amides is 1. The molecule has 11 nitrogen and oxygen atoms in total. The molecule has 1 heterocycles. The number of rotatable bonds is 9. The summed E-state index contributed by atoms with van der Waals surface area (Å²) in [5.74, 6) is -0.00328. The van der Waals surface area contributed by atoms with Crippen molar-refractivity contribution in [2.75, 3.05) is 41.5 Å². The third kappa shape index (κ3) is 7.11. The van der Waals surface area contributed by atoms with Crippen LogP contribution in [-0.4, -0.2) is 50.6 Å². The van der Waals surface area contributed by atoms with E-state index in [-0.39, 0.29) is 35.6 Å². The van der Waals surface area contributed by atoms with Crippen molar-refractivity contribution in [3.63, 3.8) is 0 Å². The second kappa shape index (κ2) is 12.7. The minimum absolute atomic E-state index is 0. The van der Waals surface area contributed by atoms with Gasteiger partial charge in [-0.25, -0.2) is 18.4 Å². The molecule has 222 valence electrons. The Morgan fingerprint density at radius 2 is 1.53 bits per heavy atom. The maximum atomic E-state index is 13.5. The van der Waals surface area contributed by atoms with Gasteiger partial charge in [-0.3, -0.25) is 9.52 Å². The number of ether oxygens (including phenoxy) is 1. The highest BCUT2D eigenvalue weighted by Crippen LogP contribution is 2.31. The summed E-state index contributed by atoms with van der Waals surface area (Å²) >= 11 is 0. The zero-order valence-corrected chi connectivity index (χ0v) is 23.8. The average Bonchev–Trinajstić information content (AvgIpc) is 2.97. The van der Waals surface area contributed by atoms with Crippen molar-refractivity contribution in [3.05, 3.63) is 96.6 Å². The first-order valence-electron chi connectivity index (χ1n) is 12.7. The third-order valence-corrected chi connectivity index (χ3v) is 7.55. The highest BCUT2D eigenvalue weighted by Gasteiger charge is 2.20. The van der Waals surface area contributed by atoms with Gasteiger partial charge in [0.2, 0.25) is 0 Å². The molecule has 0 saturated carbocycles. The van der Waals surface area contributed by atoms with Gasteiger partial charge in [-0.05, 0) is 48.5 Å². The Morgan fingerprint density at radius 3 is 2.23 bits per heavy atom. The molecule has 0 bridgehead atoms. The largest absolute Gasteiger partial charge is 0.508 e. The van der Waals surface area contributed by atoms with Crippen molar-refractivity contribution >= 4 is 55.7 Å². The number of nitrogens with one attached hydrogen (secondary N) is 3. The van der Waals surface area contributed by atoms with E-state index >= 15 is 0 Å². The minimum atomic E-state index is -4.18. The highest BCUT2D eigenvalue weighted by atomic mass is 32.2. The Balaban J connectivity index is 0.00000423. The van der Waals surface area contributed by atoms with Crippen LogP contribution in [0, 0.1) is 0 Å². The second-order valence-electron chi connectivity index (χ2n) is 9.49. The van der Waals surface area contributed by atoms with Gasteiger partial charge in [0.15, 0.2) is 11.6 Å². The Kier molecular flexibility index (Phi) is 9.01. The van der Waals surface area contributed by atoms with Crippen LogP contribution >= 0.6 is 0 Å². The molecule has 4 N–H and O–H groups in total. The molecule has 43 heavy (non-hydrogen) atoms. The van der Waals surface area contributed by atoms with E-state index in [1.807, 2.05) is 25.1 Å². The lowest BCUT2D eigenvalue weighted by atomic mass is 10.1. The van der Waals surface area contributed by atoms with E-state index in [9.17, 15) is 18.3 Å². The second-order valence-corrected chi connectivity index (χ2v) is 11.2. The number of aromatic hydroxyl groups is 1. The van der Waals surface area contributed by atoms with Crippen molar-refractivity contribution in [1.29, 1.82) is 0 Å². The molecular formula is C31H32N6O5S.